The number of aromatic amines is 1. The van der Waals surface area contributed by atoms with Crippen molar-refractivity contribution < 1.29 is 13.9 Å². The third-order valence-electron chi connectivity index (χ3n) is 5.63. The number of ether oxygens (including phenoxy) is 2. The SMILES string of the molecule is C[C@H](NC(=S)N(Cc1ccco1)Cc1cc2cc3c(cc2[nH]c1=O)OCO3)c1ccccc1. The van der Waals surface area contributed by atoms with Crippen LogP contribution in [0.2, 0.25) is 0 Å². The van der Waals surface area contributed by atoms with E-state index in [1.54, 1.807) is 12.3 Å². The van der Waals surface area contributed by atoms with Crippen LogP contribution in [0.3, 0.4) is 0 Å². The molecular weight excluding hydrogens is 438 g/mol. The number of hydrogen-bond acceptors (Lipinski definition) is 5. The van der Waals surface area contributed by atoms with E-state index >= 15 is 0 Å². The van der Waals surface area contributed by atoms with Crippen molar-refractivity contribution in [2.45, 2.75) is 26.1 Å². The summed E-state index contributed by atoms with van der Waals surface area (Å²) in [5.74, 6) is 2.06. The molecule has 0 spiro atoms. The number of fused-ring (bicyclic) bond motifs is 2. The van der Waals surface area contributed by atoms with Crippen molar-refractivity contribution in [2.24, 2.45) is 0 Å². The average Bonchev–Trinajstić information content (AvgIpc) is 3.50. The largest absolute Gasteiger partial charge is 0.467 e. The Morgan fingerprint density at radius 3 is 2.64 bits per heavy atom. The highest BCUT2D eigenvalue weighted by Crippen LogP contribution is 2.35. The molecule has 5 rings (SSSR count). The first-order valence-corrected chi connectivity index (χ1v) is 11.1. The van der Waals surface area contributed by atoms with Gasteiger partial charge in [0, 0.05) is 17.0 Å². The summed E-state index contributed by atoms with van der Waals surface area (Å²) < 4.78 is 16.4. The molecule has 1 aliphatic rings. The van der Waals surface area contributed by atoms with E-state index < -0.39 is 0 Å². The lowest BCUT2D eigenvalue weighted by Crippen LogP contribution is -2.41. The first-order chi connectivity index (χ1) is 16.1. The van der Waals surface area contributed by atoms with Gasteiger partial charge in [0.2, 0.25) is 6.79 Å². The Kier molecular flexibility index (Phi) is 5.75. The van der Waals surface area contributed by atoms with E-state index in [1.807, 2.05) is 47.4 Å². The number of aromatic nitrogens is 1. The highest BCUT2D eigenvalue weighted by Gasteiger charge is 2.19. The van der Waals surface area contributed by atoms with E-state index in [2.05, 4.69) is 29.4 Å². The maximum absolute atomic E-state index is 12.9. The first kappa shape index (κ1) is 21.1. The number of hydrogen-bond donors (Lipinski definition) is 2. The van der Waals surface area contributed by atoms with Gasteiger partial charge < -0.3 is 29.1 Å². The van der Waals surface area contributed by atoms with Gasteiger partial charge in [-0.25, -0.2) is 0 Å². The molecule has 1 aliphatic heterocycles. The molecule has 2 aromatic carbocycles. The normalized spacial score (nSPS) is 13.1. The van der Waals surface area contributed by atoms with Crippen molar-refractivity contribution >= 4 is 28.2 Å². The first-order valence-electron chi connectivity index (χ1n) is 10.6. The highest BCUT2D eigenvalue weighted by molar-refractivity contribution is 7.80. The van der Waals surface area contributed by atoms with Crippen LogP contribution in [0.25, 0.3) is 10.9 Å². The third-order valence-corrected chi connectivity index (χ3v) is 6.01. The molecule has 0 amide bonds. The van der Waals surface area contributed by atoms with E-state index in [9.17, 15) is 4.79 Å². The van der Waals surface area contributed by atoms with Gasteiger partial charge >= 0.3 is 0 Å². The van der Waals surface area contributed by atoms with Crippen molar-refractivity contribution in [3.8, 4) is 11.5 Å². The second-order valence-electron chi connectivity index (χ2n) is 7.93. The van der Waals surface area contributed by atoms with Crippen molar-refractivity contribution in [2.75, 3.05) is 6.79 Å². The van der Waals surface area contributed by atoms with Gasteiger partial charge in [-0.05, 0) is 49.0 Å². The van der Waals surface area contributed by atoms with Crippen LogP contribution in [0.15, 0.2) is 76.1 Å². The van der Waals surface area contributed by atoms with E-state index in [4.69, 9.17) is 26.1 Å². The maximum Gasteiger partial charge on any atom is 0.253 e. The summed E-state index contributed by atoms with van der Waals surface area (Å²) >= 11 is 5.75. The second kappa shape index (κ2) is 8.99. The molecule has 0 unspecified atom stereocenters. The van der Waals surface area contributed by atoms with Crippen LogP contribution in [0.4, 0.5) is 0 Å². The van der Waals surface area contributed by atoms with Crippen LogP contribution in [0.1, 0.15) is 29.9 Å². The Hall–Kier alpha value is -3.78. The summed E-state index contributed by atoms with van der Waals surface area (Å²) in [5.41, 5.74) is 2.23. The number of pyridine rings is 1. The number of rotatable bonds is 6. The number of nitrogens with one attached hydrogen (secondary N) is 2. The van der Waals surface area contributed by atoms with E-state index in [0.717, 1.165) is 16.7 Å². The highest BCUT2D eigenvalue weighted by atomic mass is 32.1. The number of benzene rings is 2. The van der Waals surface area contributed by atoms with Gasteiger partial charge in [0.1, 0.15) is 5.76 Å². The molecule has 2 aromatic heterocycles. The fourth-order valence-electron chi connectivity index (χ4n) is 3.86. The zero-order valence-electron chi connectivity index (χ0n) is 18.0. The van der Waals surface area contributed by atoms with E-state index in [1.165, 1.54) is 0 Å². The lowest BCUT2D eigenvalue weighted by Gasteiger charge is -2.27. The average molecular weight is 462 g/mol. The molecule has 33 heavy (non-hydrogen) atoms. The number of furan rings is 1. The van der Waals surface area contributed by atoms with E-state index in [-0.39, 0.29) is 18.4 Å². The molecule has 1 atom stereocenters. The van der Waals surface area contributed by atoms with Gasteiger partial charge in [-0.1, -0.05) is 30.3 Å². The Morgan fingerprint density at radius 1 is 1.09 bits per heavy atom. The van der Waals surface area contributed by atoms with Gasteiger partial charge in [-0.2, -0.15) is 0 Å². The van der Waals surface area contributed by atoms with Crippen LogP contribution in [0.5, 0.6) is 11.5 Å². The van der Waals surface area contributed by atoms with Gasteiger partial charge in [0.25, 0.3) is 5.56 Å². The lowest BCUT2D eigenvalue weighted by atomic mass is 10.1. The number of thiocarbonyl (C=S) groups is 1. The number of nitrogens with zero attached hydrogens (tertiary/aromatic N) is 1. The van der Waals surface area contributed by atoms with E-state index in [0.29, 0.717) is 40.8 Å². The minimum atomic E-state index is -0.176. The summed E-state index contributed by atoms with van der Waals surface area (Å²) in [6, 6.07) is 19.3. The zero-order valence-corrected chi connectivity index (χ0v) is 18.9. The molecule has 0 saturated carbocycles. The Morgan fingerprint density at radius 2 is 1.88 bits per heavy atom. The minimum Gasteiger partial charge on any atom is -0.467 e. The summed E-state index contributed by atoms with van der Waals surface area (Å²) in [6.45, 7) is 2.98. The Balaban J connectivity index is 1.42. The van der Waals surface area contributed by atoms with Crippen LogP contribution in [0, 0.1) is 0 Å². The fraction of sp³-hybridized carbons (Fsp3) is 0.200. The van der Waals surface area contributed by atoms with Crippen LogP contribution in [-0.2, 0) is 13.1 Å². The fourth-order valence-corrected chi connectivity index (χ4v) is 4.16. The Bertz CT molecular complexity index is 1340. The van der Waals surface area contributed by atoms with Crippen molar-refractivity contribution in [3.05, 3.63) is 94.2 Å². The molecule has 0 bridgehead atoms. The topological polar surface area (TPSA) is 79.7 Å². The molecule has 8 heteroatoms. The van der Waals surface area contributed by atoms with Gasteiger partial charge in [-0.3, -0.25) is 4.79 Å². The molecular formula is C25H23N3O4S. The van der Waals surface area contributed by atoms with Crippen molar-refractivity contribution in [1.82, 2.24) is 15.2 Å². The molecule has 0 radical (unpaired) electrons. The molecule has 168 valence electrons. The molecule has 3 heterocycles. The smallest absolute Gasteiger partial charge is 0.253 e. The zero-order chi connectivity index (χ0) is 22.8. The van der Waals surface area contributed by atoms with Gasteiger partial charge in [0.05, 0.1) is 30.9 Å². The summed E-state index contributed by atoms with van der Waals surface area (Å²) in [4.78, 5) is 17.8. The van der Waals surface area contributed by atoms with Crippen LogP contribution < -0.4 is 20.3 Å². The summed E-state index contributed by atoms with van der Waals surface area (Å²) in [7, 11) is 0. The second-order valence-corrected chi connectivity index (χ2v) is 8.32. The van der Waals surface area contributed by atoms with Gasteiger partial charge in [-0.15, -0.1) is 0 Å². The van der Waals surface area contributed by atoms with Crippen molar-refractivity contribution in [1.29, 1.82) is 0 Å². The minimum absolute atomic E-state index is 0.00688. The predicted octanol–water partition coefficient (Wildman–Crippen LogP) is 4.49. The third kappa shape index (κ3) is 4.56. The van der Waals surface area contributed by atoms with Crippen LogP contribution >= 0.6 is 12.2 Å². The van der Waals surface area contributed by atoms with Crippen LogP contribution in [-0.4, -0.2) is 21.8 Å². The molecule has 0 fully saturated rings. The summed E-state index contributed by atoms with van der Waals surface area (Å²) in [5, 5.41) is 4.79. The quantitative estimate of drug-likeness (QED) is 0.410. The molecule has 2 N–H and O–H groups in total. The monoisotopic (exact) mass is 461 g/mol. The molecule has 0 aliphatic carbocycles. The maximum atomic E-state index is 12.9. The van der Waals surface area contributed by atoms with Gasteiger partial charge in [0.15, 0.2) is 16.6 Å². The molecule has 7 nitrogen and oxygen atoms in total. The predicted molar refractivity (Wildman–Crippen MR) is 129 cm³/mol. The standard InChI is InChI=1S/C25H23N3O4S/c1-16(17-6-3-2-4-7-17)26-25(33)28(14-20-8-5-9-30-20)13-19-10-18-11-22-23(32-15-31-22)12-21(18)27-24(19)29/h2-12,16H,13-15H2,1H3,(H,26,33)(H,27,29)/t16-/m0/s1. The number of H-pyrrole nitrogens is 1. The summed E-state index contributed by atoms with van der Waals surface area (Å²) in [6.07, 6.45) is 1.63. The molecule has 0 saturated heterocycles. The lowest BCUT2D eigenvalue weighted by molar-refractivity contribution is 0.174. The Labute approximate surface area is 195 Å². The van der Waals surface area contributed by atoms with Crippen molar-refractivity contribution in [3.63, 3.8) is 0 Å². The molecule has 4 aromatic rings.